The fourth-order valence-electron chi connectivity index (χ4n) is 2.40. The van der Waals surface area contributed by atoms with Gasteiger partial charge in [-0.25, -0.2) is 0 Å². The average molecular weight is 255 g/mol. The van der Waals surface area contributed by atoms with Gasteiger partial charge in [0.15, 0.2) is 0 Å². The molecule has 1 aliphatic heterocycles. The number of alkyl halides is 1. The van der Waals surface area contributed by atoms with Gasteiger partial charge in [0.25, 0.3) is 5.56 Å². The van der Waals surface area contributed by atoms with Crippen LogP contribution in [0.5, 0.6) is 0 Å². The molecule has 0 N–H and O–H groups in total. The van der Waals surface area contributed by atoms with Gasteiger partial charge in [0.2, 0.25) is 0 Å². The van der Waals surface area contributed by atoms with Crippen LogP contribution in [0.3, 0.4) is 0 Å². The molecule has 1 aliphatic rings. The summed E-state index contributed by atoms with van der Waals surface area (Å²) in [6, 6.07) is 5.30. The fraction of sp³-hybridized carbons (Fsp3) is 0.615. The number of nitrogens with zero attached hydrogens (tertiary/aromatic N) is 2. The van der Waals surface area contributed by atoms with Crippen LogP contribution >= 0.6 is 11.6 Å². The zero-order valence-corrected chi connectivity index (χ0v) is 10.8. The highest BCUT2D eigenvalue weighted by atomic mass is 35.5. The number of halogens is 1. The van der Waals surface area contributed by atoms with Gasteiger partial charge >= 0.3 is 0 Å². The van der Waals surface area contributed by atoms with Crippen LogP contribution < -0.4 is 5.56 Å². The molecule has 1 fully saturated rings. The molecule has 1 unspecified atom stereocenters. The number of aromatic nitrogens is 1. The summed E-state index contributed by atoms with van der Waals surface area (Å²) in [4.78, 5) is 13.9. The van der Waals surface area contributed by atoms with Crippen LogP contribution in [0.1, 0.15) is 12.8 Å². The summed E-state index contributed by atoms with van der Waals surface area (Å²) in [5.74, 6) is 1.51. The third-order valence-electron chi connectivity index (χ3n) is 3.44. The number of hydrogen-bond acceptors (Lipinski definition) is 2. The van der Waals surface area contributed by atoms with E-state index in [-0.39, 0.29) is 5.56 Å². The predicted octanol–water partition coefficient (Wildman–Crippen LogP) is 1.80. The summed E-state index contributed by atoms with van der Waals surface area (Å²) < 4.78 is 1.77. The van der Waals surface area contributed by atoms with Crippen LogP contribution in [0.2, 0.25) is 0 Å². The fourth-order valence-corrected chi connectivity index (χ4v) is 2.71. The molecule has 0 bridgehead atoms. The topological polar surface area (TPSA) is 25.2 Å². The lowest BCUT2D eigenvalue weighted by atomic mass is 10.1. The van der Waals surface area contributed by atoms with Crippen LogP contribution in [-0.2, 0) is 6.54 Å². The van der Waals surface area contributed by atoms with E-state index in [1.54, 1.807) is 16.7 Å². The van der Waals surface area contributed by atoms with Crippen LogP contribution in [0.4, 0.5) is 0 Å². The second kappa shape index (κ2) is 6.22. The smallest absolute Gasteiger partial charge is 0.250 e. The number of rotatable bonds is 5. The van der Waals surface area contributed by atoms with Gasteiger partial charge in [0, 0.05) is 37.8 Å². The summed E-state index contributed by atoms with van der Waals surface area (Å²) in [6.45, 7) is 4.02. The molecule has 4 heteroatoms. The second-order valence-electron chi connectivity index (χ2n) is 4.67. The zero-order chi connectivity index (χ0) is 12.1. The van der Waals surface area contributed by atoms with Crippen molar-refractivity contribution in [3.05, 3.63) is 34.7 Å². The minimum Gasteiger partial charge on any atom is -0.314 e. The van der Waals surface area contributed by atoms with E-state index in [0.717, 1.165) is 44.4 Å². The molecule has 94 valence electrons. The highest BCUT2D eigenvalue weighted by molar-refractivity contribution is 6.17. The minimum absolute atomic E-state index is 0.0870. The molecule has 0 aliphatic carbocycles. The third-order valence-corrected chi connectivity index (χ3v) is 3.66. The Balaban J connectivity index is 1.80. The number of hydrogen-bond donors (Lipinski definition) is 0. The van der Waals surface area contributed by atoms with Gasteiger partial charge in [-0.2, -0.15) is 0 Å². The van der Waals surface area contributed by atoms with Gasteiger partial charge in [0.1, 0.15) is 0 Å². The maximum Gasteiger partial charge on any atom is 0.250 e. The van der Waals surface area contributed by atoms with Crippen LogP contribution in [0, 0.1) is 5.92 Å². The summed E-state index contributed by atoms with van der Waals surface area (Å²) >= 11 is 5.76. The van der Waals surface area contributed by atoms with E-state index in [0.29, 0.717) is 0 Å². The van der Waals surface area contributed by atoms with E-state index in [4.69, 9.17) is 11.6 Å². The van der Waals surface area contributed by atoms with Crippen molar-refractivity contribution in [2.24, 2.45) is 5.92 Å². The van der Waals surface area contributed by atoms with Gasteiger partial charge in [-0.15, -0.1) is 11.6 Å². The molecule has 17 heavy (non-hydrogen) atoms. The third kappa shape index (κ3) is 3.58. The second-order valence-corrected chi connectivity index (χ2v) is 5.04. The maximum absolute atomic E-state index is 11.5. The zero-order valence-electron chi connectivity index (χ0n) is 10.0. The van der Waals surface area contributed by atoms with Gasteiger partial charge in [-0.05, 0) is 31.4 Å². The van der Waals surface area contributed by atoms with Crippen LogP contribution in [-0.4, -0.2) is 35.0 Å². The molecule has 0 spiro atoms. The highest BCUT2D eigenvalue weighted by Crippen LogP contribution is 2.19. The van der Waals surface area contributed by atoms with Crippen molar-refractivity contribution in [2.75, 3.05) is 25.5 Å². The van der Waals surface area contributed by atoms with Crippen molar-refractivity contribution in [3.63, 3.8) is 0 Å². The summed E-state index contributed by atoms with van der Waals surface area (Å²) in [7, 11) is 0. The Morgan fingerprint density at radius 2 is 2.24 bits per heavy atom. The van der Waals surface area contributed by atoms with Crippen molar-refractivity contribution in [3.8, 4) is 0 Å². The molecule has 1 aromatic heterocycles. The van der Waals surface area contributed by atoms with Crippen LogP contribution in [0.15, 0.2) is 29.2 Å². The highest BCUT2D eigenvalue weighted by Gasteiger charge is 2.21. The van der Waals surface area contributed by atoms with Crippen molar-refractivity contribution in [1.82, 2.24) is 9.47 Å². The van der Waals surface area contributed by atoms with Crippen molar-refractivity contribution in [2.45, 2.75) is 19.4 Å². The minimum atomic E-state index is 0.0870. The molecule has 1 saturated heterocycles. The lowest BCUT2D eigenvalue weighted by Crippen LogP contribution is -2.29. The Morgan fingerprint density at radius 3 is 3.00 bits per heavy atom. The molecule has 0 amide bonds. The Kier molecular flexibility index (Phi) is 4.63. The van der Waals surface area contributed by atoms with E-state index in [2.05, 4.69) is 4.90 Å². The molecular weight excluding hydrogens is 236 g/mol. The van der Waals surface area contributed by atoms with Gasteiger partial charge in [-0.1, -0.05) is 6.07 Å². The molecule has 0 saturated carbocycles. The molecule has 0 radical (unpaired) electrons. The number of likely N-dealkylation sites (tertiary alicyclic amines) is 1. The van der Waals surface area contributed by atoms with Crippen molar-refractivity contribution >= 4 is 11.6 Å². The van der Waals surface area contributed by atoms with E-state index in [9.17, 15) is 4.79 Å². The van der Waals surface area contributed by atoms with E-state index < -0.39 is 0 Å². The maximum atomic E-state index is 11.5. The van der Waals surface area contributed by atoms with Gasteiger partial charge < -0.3 is 9.47 Å². The quantitative estimate of drug-likeness (QED) is 0.749. The Hall–Kier alpha value is -0.800. The summed E-state index contributed by atoms with van der Waals surface area (Å²) in [5.41, 5.74) is 0.0870. The Morgan fingerprint density at radius 1 is 1.35 bits per heavy atom. The molecule has 3 nitrogen and oxygen atoms in total. The Labute approximate surface area is 107 Å². The van der Waals surface area contributed by atoms with Crippen LogP contribution in [0.25, 0.3) is 0 Å². The first kappa shape index (κ1) is 12.7. The first-order valence-corrected chi connectivity index (χ1v) is 6.77. The van der Waals surface area contributed by atoms with E-state index in [1.807, 2.05) is 12.3 Å². The average Bonchev–Trinajstić information content (AvgIpc) is 2.76. The number of pyridine rings is 1. The normalized spacial score (nSPS) is 20.9. The summed E-state index contributed by atoms with van der Waals surface area (Å²) in [6.07, 6.45) is 4.22. The monoisotopic (exact) mass is 254 g/mol. The first-order valence-electron chi connectivity index (χ1n) is 6.23. The lowest BCUT2D eigenvalue weighted by Gasteiger charge is -2.16. The Bertz CT molecular complexity index is 404. The molecule has 1 aromatic rings. The molecular formula is C13H19ClN2O. The SMILES string of the molecule is O=c1ccccn1CCN1CCC(CCCl)C1. The summed E-state index contributed by atoms with van der Waals surface area (Å²) in [5, 5.41) is 0. The molecule has 1 atom stereocenters. The van der Waals surface area contributed by atoms with Gasteiger partial charge in [-0.3, -0.25) is 4.79 Å². The van der Waals surface area contributed by atoms with E-state index >= 15 is 0 Å². The van der Waals surface area contributed by atoms with Gasteiger partial charge in [0.05, 0.1) is 0 Å². The largest absolute Gasteiger partial charge is 0.314 e. The van der Waals surface area contributed by atoms with Crippen molar-refractivity contribution in [1.29, 1.82) is 0 Å². The molecule has 0 aromatic carbocycles. The first-order chi connectivity index (χ1) is 8.29. The predicted molar refractivity (Wildman–Crippen MR) is 70.6 cm³/mol. The van der Waals surface area contributed by atoms with E-state index in [1.165, 1.54) is 6.42 Å². The molecule has 2 rings (SSSR count). The molecule has 2 heterocycles. The lowest BCUT2D eigenvalue weighted by molar-refractivity contribution is 0.307. The van der Waals surface area contributed by atoms with Crippen molar-refractivity contribution < 1.29 is 0 Å². The standard InChI is InChI=1S/C13H19ClN2O/c14-6-4-12-5-8-15(11-12)9-10-16-7-2-1-3-13(16)17/h1-3,7,12H,4-6,8-11H2.